The number of benzene rings is 2. The fraction of sp³-hybridized carbons (Fsp3) is 0.370. The van der Waals surface area contributed by atoms with E-state index in [2.05, 4.69) is 10.4 Å². The highest BCUT2D eigenvalue weighted by atomic mass is 35.5. The summed E-state index contributed by atoms with van der Waals surface area (Å²) in [5.41, 5.74) is 6.11. The second kappa shape index (κ2) is 10.4. The highest BCUT2D eigenvalue weighted by molar-refractivity contribution is 6.31. The molecule has 2 amide bonds. The molecule has 3 aromatic rings. The van der Waals surface area contributed by atoms with E-state index in [0.717, 1.165) is 59.7 Å². The minimum Gasteiger partial charge on any atom is -0.352 e. The first kappa shape index (κ1) is 24.0. The first-order chi connectivity index (χ1) is 16.3. The maximum Gasteiger partial charge on any atom is 0.253 e. The van der Waals surface area contributed by atoms with Crippen molar-refractivity contribution in [2.75, 3.05) is 13.1 Å². The minimum atomic E-state index is -0.0829. The number of halogens is 1. The number of piperidine rings is 1. The number of carbonyl (C=O) groups is 2. The van der Waals surface area contributed by atoms with E-state index in [-0.39, 0.29) is 18.2 Å². The standard InChI is InChI=1S/C27H31ClN4O2/c1-18-10-11-23(15-25(18)28)32-20(3)24(19(2)30-32)16-26(33)29-17-21-8-7-9-22(14-21)27(34)31-12-5-4-6-13-31/h7-11,14-15H,4-6,12-13,16-17H2,1-3H3,(H,29,33). The summed E-state index contributed by atoms with van der Waals surface area (Å²) in [5.74, 6) is -0.0109. The van der Waals surface area contributed by atoms with Crippen molar-refractivity contribution in [2.45, 2.75) is 53.0 Å². The molecule has 1 N–H and O–H groups in total. The summed E-state index contributed by atoms with van der Waals surface area (Å²) in [6, 6.07) is 13.4. The second-order valence-corrected chi connectivity index (χ2v) is 9.41. The molecule has 2 heterocycles. The van der Waals surface area contributed by atoms with Gasteiger partial charge in [0.2, 0.25) is 5.91 Å². The number of hydrogen-bond acceptors (Lipinski definition) is 3. The van der Waals surface area contributed by atoms with Crippen molar-refractivity contribution in [3.05, 3.63) is 81.1 Å². The lowest BCUT2D eigenvalue weighted by atomic mass is 10.1. The largest absolute Gasteiger partial charge is 0.352 e. The molecule has 178 valence electrons. The molecular formula is C27H31ClN4O2. The van der Waals surface area contributed by atoms with Gasteiger partial charge < -0.3 is 10.2 Å². The van der Waals surface area contributed by atoms with Crippen molar-refractivity contribution in [1.29, 1.82) is 0 Å². The van der Waals surface area contributed by atoms with Crippen molar-refractivity contribution < 1.29 is 9.59 Å². The van der Waals surface area contributed by atoms with Gasteiger partial charge in [0, 0.05) is 41.5 Å². The van der Waals surface area contributed by atoms with E-state index in [1.807, 2.05) is 72.8 Å². The van der Waals surface area contributed by atoms with Crippen LogP contribution in [0.2, 0.25) is 5.02 Å². The van der Waals surface area contributed by atoms with Crippen LogP contribution in [0.25, 0.3) is 5.69 Å². The van der Waals surface area contributed by atoms with Crippen LogP contribution < -0.4 is 5.32 Å². The average molecular weight is 479 g/mol. The van der Waals surface area contributed by atoms with Crippen LogP contribution in [0, 0.1) is 20.8 Å². The number of likely N-dealkylation sites (tertiary alicyclic amines) is 1. The van der Waals surface area contributed by atoms with Crippen LogP contribution in [0.3, 0.4) is 0 Å². The number of amides is 2. The molecule has 1 aromatic heterocycles. The Labute approximate surface area is 205 Å². The van der Waals surface area contributed by atoms with Gasteiger partial charge in [-0.1, -0.05) is 29.8 Å². The van der Waals surface area contributed by atoms with Gasteiger partial charge in [-0.15, -0.1) is 0 Å². The molecule has 1 fully saturated rings. The van der Waals surface area contributed by atoms with Crippen molar-refractivity contribution >= 4 is 23.4 Å². The molecular weight excluding hydrogens is 448 g/mol. The number of nitrogens with one attached hydrogen (secondary N) is 1. The Hall–Kier alpha value is -3.12. The van der Waals surface area contributed by atoms with Crippen molar-refractivity contribution in [3.8, 4) is 5.69 Å². The van der Waals surface area contributed by atoms with Gasteiger partial charge in [-0.05, 0) is 75.4 Å². The third-order valence-electron chi connectivity index (χ3n) is 6.49. The van der Waals surface area contributed by atoms with Crippen molar-refractivity contribution in [2.24, 2.45) is 0 Å². The van der Waals surface area contributed by atoms with E-state index < -0.39 is 0 Å². The van der Waals surface area contributed by atoms with Gasteiger partial charge in [0.25, 0.3) is 5.91 Å². The lowest BCUT2D eigenvalue weighted by molar-refractivity contribution is -0.120. The molecule has 7 heteroatoms. The van der Waals surface area contributed by atoms with E-state index in [4.69, 9.17) is 11.6 Å². The third-order valence-corrected chi connectivity index (χ3v) is 6.89. The maximum absolute atomic E-state index is 12.8. The van der Waals surface area contributed by atoms with Crippen LogP contribution in [0.15, 0.2) is 42.5 Å². The molecule has 1 saturated heterocycles. The summed E-state index contributed by atoms with van der Waals surface area (Å²) in [4.78, 5) is 27.5. The Kier molecular flexibility index (Phi) is 7.37. The summed E-state index contributed by atoms with van der Waals surface area (Å²) < 4.78 is 1.83. The summed E-state index contributed by atoms with van der Waals surface area (Å²) in [5, 5.41) is 8.31. The Morgan fingerprint density at radius 3 is 2.53 bits per heavy atom. The highest BCUT2D eigenvalue weighted by Gasteiger charge is 2.19. The van der Waals surface area contributed by atoms with Crippen LogP contribution in [-0.4, -0.2) is 39.6 Å². The Morgan fingerprint density at radius 2 is 1.79 bits per heavy atom. The molecule has 4 rings (SSSR count). The quantitative estimate of drug-likeness (QED) is 0.545. The predicted octanol–water partition coefficient (Wildman–Crippen LogP) is 4.94. The van der Waals surface area contributed by atoms with E-state index in [1.165, 1.54) is 6.42 Å². The third kappa shape index (κ3) is 5.33. The molecule has 0 unspecified atom stereocenters. The number of rotatable bonds is 6. The lowest BCUT2D eigenvalue weighted by Crippen LogP contribution is -2.35. The normalized spacial score (nSPS) is 13.7. The van der Waals surface area contributed by atoms with Crippen LogP contribution in [0.4, 0.5) is 0 Å². The van der Waals surface area contributed by atoms with Crippen molar-refractivity contribution in [3.63, 3.8) is 0 Å². The van der Waals surface area contributed by atoms with E-state index in [9.17, 15) is 9.59 Å². The number of aryl methyl sites for hydroxylation is 2. The van der Waals surface area contributed by atoms with Gasteiger partial charge in [0.1, 0.15) is 0 Å². The molecule has 2 aromatic carbocycles. The van der Waals surface area contributed by atoms with Crippen LogP contribution in [0.5, 0.6) is 0 Å². The lowest BCUT2D eigenvalue weighted by Gasteiger charge is -2.26. The van der Waals surface area contributed by atoms with Gasteiger partial charge in [0.15, 0.2) is 0 Å². The summed E-state index contributed by atoms with van der Waals surface area (Å²) >= 11 is 6.29. The first-order valence-electron chi connectivity index (χ1n) is 11.8. The van der Waals surface area contributed by atoms with Gasteiger partial charge in [0.05, 0.1) is 17.8 Å². The van der Waals surface area contributed by atoms with Gasteiger partial charge >= 0.3 is 0 Å². The number of hydrogen-bond donors (Lipinski definition) is 1. The molecule has 0 aliphatic carbocycles. The summed E-state index contributed by atoms with van der Waals surface area (Å²) in [7, 11) is 0. The molecule has 0 spiro atoms. The molecule has 0 atom stereocenters. The smallest absolute Gasteiger partial charge is 0.253 e. The van der Waals surface area contributed by atoms with Crippen molar-refractivity contribution in [1.82, 2.24) is 20.0 Å². The fourth-order valence-corrected chi connectivity index (χ4v) is 4.59. The zero-order valence-corrected chi connectivity index (χ0v) is 20.8. The van der Waals surface area contributed by atoms with Crippen LogP contribution in [-0.2, 0) is 17.8 Å². The van der Waals surface area contributed by atoms with Gasteiger partial charge in [-0.3, -0.25) is 9.59 Å². The fourth-order valence-electron chi connectivity index (χ4n) is 4.41. The van der Waals surface area contributed by atoms with Gasteiger partial charge in [-0.25, -0.2) is 4.68 Å². The number of aromatic nitrogens is 2. The van der Waals surface area contributed by atoms with E-state index in [1.54, 1.807) is 0 Å². The highest BCUT2D eigenvalue weighted by Crippen LogP contribution is 2.23. The van der Waals surface area contributed by atoms with Crippen LogP contribution >= 0.6 is 11.6 Å². The number of carbonyl (C=O) groups excluding carboxylic acids is 2. The molecule has 0 bridgehead atoms. The molecule has 0 saturated carbocycles. The topological polar surface area (TPSA) is 67.2 Å². The average Bonchev–Trinajstić information content (AvgIpc) is 3.13. The SMILES string of the molecule is Cc1ccc(-n2nc(C)c(CC(=O)NCc3cccc(C(=O)N4CCCCC4)c3)c2C)cc1Cl. The zero-order chi connectivity index (χ0) is 24.2. The maximum atomic E-state index is 12.8. The Bertz CT molecular complexity index is 1210. The second-order valence-electron chi connectivity index (χ2n) is 9.00. The minimum absolute atomic E-state index is 0.0720. The molecule has 1 aliphatic rings. The molecule has 34 heavy (non-hydrogen) atoms. The Morgan fingerprint density at radius 1 is 1.03 bits per heavy atom. The summed E-state index contributed by atoms with van der Waals surface area (Å²) in [6.07, 6.45) is 3.55. The molecule has 0 radical (unpaired) electrons. The molecule has 6 nitrogen and oxygen atoms in total. The number of nitrogens with zero attached hydrogens (tertiary/aromatic N) is 3. The van der Waals surface area contributed by atoms with Gasteiger partial charge in [-0.2, -0.15) is 5.10 Å². The predicted molar refractivity (Wildman–Crippen MR) is 135 cm³/mol. The van der Waals surface area contributed by atoms with E-state index >= 15 is 0 Å². The Balaban J connectivity index is 1.40. The van der Waals surface area contributed by atoms with Crippen LogP contribution in [0.1, 0.15) is 57.7 Å². The first-order valence-corrected chi connectivity index (χ1v) is 12.2. The summed E-state index contributed by atoms with van der Waals surface area (Å²) in [6.45, 7) is 7.85. The zero-order valence-electron chi connectivity index (χ0n) is 20.0. The molecule has 1 aliphatic heterocycles. The van der Waals surface area contributed by atoms with E-state index in [0.29, 0.717) is 17.1 Å². The monoisotopic (exact) mass is 478 g/mol.